The molecule has 2 aromatic rings. The molecule has 5 nitrogen and oxygen atoms in total. The summed E-state index contributed by atoms with van der Waals surface area (Å²) in [5.74, 6) is -0.337. The van der Waals surface area contributed by atoms with Crippen molar-refractivity contribution in [3.05, 3.63) is 35.9 Å². The first-order valence-electron chi connectivity index (χ1n) is 7.14. The fourth-order valence-electron chi connectivity index (χ4n) is 2.75. The van der Waals surface area contributed by atoms with Crippen molar-refractivity contribution in [2.75, 3.05) is 31.6 Å². The number of carbonyl (C=O) groups is 1. The molecule has 1 saturated heterocycles. The normalized spacial score (nSPS) is 19.9. The minimum absolute atomic E-state index is 0.283. The van der Waals surface area contributed by atoms with Gasteiger partial charge in [0.2, 0.25) is 0 Å². The highest BCUT2D eigenvalue weighted by Gasteiger charge is 2.25. The number of nitrogens with zero attached hydrogens (tertiary/aromatic N) is 3. The van der Waals surface area contributed by atoms with Gasteiger partial charge < -0.3 is 14.9 Å². The van der Waals surface area contributed by atoms with Gasteiger partial charge in [0.05, 0.1) is 5.52 Å². The summed E-state index contributed by atoms with van der Waals surface area (Å²) in [6.45, 7) is 4.65. The molecule has 0 spiro atoms. The molecule has 21 heavy (non-hydrogen) atoms. The maximum absolute atomic E-state index is 11.6. The number of carboxylic acid groups (broad SMARTS) is 1. The minimum Gasteiger partial charge on any atom is -0.478 e. The lowest BCUT2D eigenvalue weighted by molar-refractivity contribution is 0.0697. The molecule has 1 aromatic heterocycles. The Bertz CT molecular complexity index is 686. The van der Waals surface area contributed by atoms with Gasteiger partial charge in [-0.15, -0.1) is 0 Å². The highest BCUT2D eigenvalue weighted by Crippen LogP contribution is 2.25. The molecule has 1 aliphatic heterocycles. The number of hydrogen-bond acceptors (Lipinski definition) is 4. The number of aromatic carboxylic acids is 1. The van der Waals surface area contributed by atoms with Crippen LogP contribution in [0, 0.1) is 0 Å². The number of benzene rings is 1. The molecule has 1 fully saturated rings. The van der Waals surface area contributed by atoms with E-state index in [9.17, 15) is 9.90 Å². The molecule has 1 N–H and O–H groups in total. The second-order valence-electron chi connectivity index (χ2n) is 5.63. The third kappa shape index (κ3) is 2.56. The van der Waals surface area contributed by atoms with Crippen molar-refractivity contribution in [2.24, 2.45) is 0 Å². The molecule has 1 aromatic carbocycles. The van der Waals surface area contributed by atoms with E-state index in [1.54, 1.807) is 6.07 Å². The second-order valence-corrected chi connectivity index (χ2v) is 5.63. The Labute approximate surface area is 123 Å². The van der Waals surface area contributed by atoms with Gasteiger partial charge in [-0.05, 0) is 26.1 Å². The van der Waals surface area contributed by atoms with Gasteiger partial charge in [-0.25, -0.2) is 9.78 Å². The third-order valence-electron chi connectivity index (χ3n) is 4.19. The third-order valence-corrected chi connectivity index (χ3v) is 4.19. The molecule has 1 unspecified atom stereocenters. The van der Waals surface area contributed by atoms with Crippen molar-refractivity contribution in [1.82, 2.24) is 9.88 Å². The van der Waals surface area contributed by atoms with Crippen molar-refractivity contribution >= 4 is 22.7 Å². The molecule has 0 bridgehead atoms. The zero-order valence-corrected chi connectivity index (χ0v) is 12.3. The summed E-state index contributed by atoms with van der Waals surface area (Å²) in [5, 5.41) is 10.4. The quantitative estimate of drug-likeness (QED) is 0.915. The Morgan fingerprint density at radius 1 is 1.33 bits per heavy atom. The Hall–Kier alpha value is -2.14. The van der Waals surface area contributed by atoms with Crippen LogP contribution < -0.4 is 4.90 Å². The highest BCUT2D eigenvalue weighted by molar-refractivity contribution is 5.98. The van der Waals surface area contributed by atoms with E-state index < -0.39 is 5.97 Å². The molecular formula is C16H19N3O2. The SMILES string of the molecule is CC1CN(c2nc3ccccc3cc2C(=O)O)CCN1C. The number of carboxylic acids is 1. The van der Waals surface area contributed by atoms with Crippen LogP contribution in [0.5, 0.6) is 0 Å². The minimum atomic E-state index is -0.921. The van der Waals surface area contributed by atoms with Crippen LogP contribution >= 0.6 is 0 Å². The lowest BCUT2D eigenvalue weighted by Gasteiger charge is -2.38. The monoisotopic (exact) mass is 285 g/mol. The fourth-order valence-corrected chi connectivity index (χ4v) is 2.75. The van der Waals surface area contributed by atoms with Crippen LogP contribution in [-0.2, 0) is 0 Å². The number of anilines is 1. The van der Waals surface area contributed by atoms with E-state index in [0.717, 1.165) is 30.5 Å². The van der Waals surface area contributed by atoms with E-state index in [4.69, 9.17) is 0 Å². The van der Waals surface area contributed by atoms with Gasteiger partial charge in [0.1, 0.15) is 11.4 Å². The van der Waals surface area contributed by atoms with Gasteiger partial charge in [0.25, 0.3) is 0 Å². The van der Waals surface area contributed by atoms with E-state index in [-0.39, 0.29) is 5.56 Å². The zero-order valence-electron chi connectivity index (χ0n) is 12.3. The van der Waals surface area contributed by atoms with Crippen LogP contribution in [0.2, 0.25) is 0 Å². The molecule has 2 heterocycles. The average Bonchev–Trinajstić information content (AvgIpc) is 2.48. The number of likely N-dealkylation sites (N-methyl/N-ethyl adjacent to an activating group) is 1. The summed E-state index contributed by atoms with van der Waals surface area (Å²) in [5.41, 5.74) is 1.12. The van der Waals surface area contributed by atoms with E-state index >= 15 is 0 Å². The summed E-state index contributed by atoms with van der Waals surface area (Å²) < 4.78 is 0. The number of aromatic nitrogens is 1. The number of para-hydroxylation sites is 1. The first kappa shape index (κ1) is 13.8. The van der Waals surface area contributed by atoms with Crippen molar-refractivity contribution in [3.8, 4) is 0 Å². The number of piperazine rings is 1. The number of hydrogen-bond donors (Lipinski definition) is 1. The van der Waals surface area contributed by atoms with Gasteiger partial charge in [0, 0.05) is 31.1 Å². The number of pyridine rings is 1. The first-order valence-corrected chi connectivity index (χ1v) is 7.14. The summed E-state index contributed by atoms with van der Waals surface area (Å²) in [6.07, 6.45) is 0. The summed E-state index contributed by atoms with van der Waals surface area (Å²) in [4.78, 5) is 20.5. The predicted molar refractivity (Wildman–Crippen MR) is 83.0 cm³/mol. The van der Waals surface area contributed by atoms with Crippen LogP contribution in [0.3, 0.4) is 0 Å². The van der Waals surface area contributed by atoms with Crippen molar-refractivity contribution in [3.63, 3.8) is 0 Å². The Kier molecular flexibility index (Phi) is 3.51. The second kappa shape index (κ2) is 5.33. The van der Waals surface area contributed by atoms with Crippen molar-refractivity contribution < 1.29 is 9.90 Å². The molecule has 110 valence electrons. The van der Waals surface area contributed by atoms with Crippen LogP contribution in [0.25, 0.3) is 10.9 Å². The first-order chi connectivity index (χ1) is 10.1. The molecule has 0 radical (unpaired) electrons. The van der Waals surface area contributed by atoms with Crippen molar-refractivity contribution in [1.29, 1.82) is 0 Å². The summed E-state index contributed by atoms with van der Waals surface area (Å²) >= 11 is 0. The topological polar surface area (TPSA) is 56.7 Å². The largest absolute Gasteiger partial charge is 0.478 e. The van der Waals surface area contributed by atoms with E-state index in [1.807, 2.05) is 24.3 Å². The lowest BCUT2D eigenvalue weighted by atomic mass is 10.1. The number of rotatable bonds is 2. The van der Waals surface area contributed by atoms with Gasteiger partial charge in [-0.3, -0.25) is 0 Å². The van der Waals surface area contributed by atoms with Gasteiger partial charge >= 0.3 is 5.97 Å². The van der Waals surface area contributed by atoms with Gasteiger partial charge in [-0.2, -0.15) is 0 Å². The maximum Gasteiger partial charge on any atom is 0.339 e. The predicted octanol–water partition coefficient (Wildman–Crippen LogP) is 2.07. The molecule has 0 amide bonds. The van der Waals surface area contributed by atoms with Crippen LogP contribution in [0.15, 0.2) is 30.3 Å². The molecule has 1 aliphatic rings. The zero-order chi connectivity index (χ0) is 15.0. The highest BCUT2D eigenvalue weighted by atomic mass is 16.4. The lowest BCUT2D eigenvalue weighted by Crippen LogP contribution is -2.50. The Balaban J connectivity index is 2.07. The Morgan fingerprint density at radius 2 is 2.10 bits per heavy atom. The smallest absolute Gasteiger partial charge is 0.339 e. The average molecular weight is 285 g/mol. The fraction of sp³-hybridized carbons (Fsp3) is 0.375. The van der Waals surface area contributed by atoms with Crippen LogP contribution in [-0.4, -0.2) is 53.7 Å². The maximum atomic E-state index is 11.6. The van der Waals surface area contributed by atoms with E-state index in [0.29, 0.717) is 11.9 Å². The molecular weight excluding hydrogens is 266 g/mol. The van der Waals surface area contributed by atoms with Crippen LogP contribution in [0.4, 0.5) is 5.82 Å². The van der Waals surface area contributed by atoms with Crippen LogP contribution in [0.1, 0.15) is 17.3 Å². The molecule has 1 atom stereocenters. The molecule has 0 aliphatic carbocycles. The van der Waals surface area contributed by atoms with Crippen molar-refractivity contribution in [2.45, 2.75) is 13.0 Å². The Morgan fingerprint density at radius 3 is 2.81 bits per heavy atom. The molecule has 3 rings (SSSR count). The van der Waals surface area contributed by atoms with Gasteiger partial charge in [0.15, 0.2) is 0 Å². The summed E-state index contributed by atoms with van der Waals surface area (Å²) in [7, 11) is 2.09. The van der Waals surface area contributed by atoms with Gasteiger partial charge in [-0.1, -0.05) is 18.2 Å². The summed E-state index contributed by atoms with van der Waals surface area (Å²) in [6, 6.07) is 9.74. The van der Waals surface area contributed by atoms with E-state index in [2.05, 4.69) is 28.8 Å². The number of fused-ring (bicyclic) bond motifs is 1. The molecule has 0 saturated carbocycles. The molecule has 5 heteroatoms. The van der Waals surface area contributed by atoms with E-state index in [1.165, 1.54) is 0 Å². The standard InChI is InChI=1S/C16H19N3O2/c1-11-10-19(8-7-18(11)2)15-13(16(20)21)9-12-5-3-4-6-14(12)17-15/h3-6,9,11H,7-8,10H2,1-2H3,(H,20,21).